The van der Waals surface area contributed by atoms with E-state index in [1.54, 1.807) is 18.5 Å². The Balaban J connectivity index is 1.98. The molecular formula is C16H14N4O. The van der Waals surface area contributed by atoms with Crippen LogP contribution in [-0.2, 0) is 11.2 Å². The van der Waals surface area contributed by atoms with Gasteiger partial charge in [0.2, 0.25) is 0 Å². The summed E-state index contributed by atoms with van der Waals surface area (Å²) in [5.41, 5.74) is 4.08. The fraction of sp³-hybridized carbons (Fsp3) is 0.125. The molecule has 0 unspecified atom stereocenters. The summed E-state index contributed by atoms with van der Waals surface area (Å²) < 4.78 is 0. The lowest BCUT2D eigenvalue weighted by molar-refractivity contribution is -0.112. The van der Waals surface area contributed by atoms with Gasteiger partial charge in [0.05, 0.1) is 11.9 Å². The van der Waals surface area contributed by atoms with Crippen LogP contribution < -0.4 is 0 Å². The second-order valence-electron chi connectivity index (χ2n) is 4.70. The molecule has 0 saturated carbocycles. The summed E-state index contributed by atoms with van der Waals surface area (Å²) in [7, 11) is 0. The van der Waals surface area contributed by atoms with Crippen molar-refractivity contribution in [3.63, 3.8) is 0 Å². The lowest BCUT2D eigenvalue weighted by atomic mass is 10.2. The van der Waals surface area contributed by atoms with E-state index in [0.29, 0.717) is 6.42 Å². The molecule has 3 heterocycles. The average Bonchev–Trinajstić information content (AvgIpc) is 2.90. The molecule has 0 saturated heterocycles. The molecule has 0 atom stereocenters. The highest BCUT2D eigenvalue weighted by Crippen LogP contribution is 2.19. The zero-order valence-electron chi connectivity index (χ0n) is 11.6. The van der Waals surface area contributed by atoms with Crippen molar-refractivity contribution in [2.24, 2.45) is 0 Å². The number of nitrogens with one attached hydrogen (secondary N) is 1. The lowest BCUT2D eigenvalue weighted by Crippen LogP contribution is -1.91. The van der Waals surface area contributed by atoms with Gasteiger partial charge in [0.15, 0.2) is 11.4 Å². The molecule has 0 aromatic carbocycles. The molecule has 0 fully saturated rings. The Hall–Kier alpha value is -2.82. The van der Waals surface area contributed by atoms with Crippen LogP contribution in [0.1, 0.15) is 12.5 Å². The number of ketones is 1. The molecule has 0 aliphatic rings. The van der Waals surface area contributed by atoms with Crippen LogP contribution in [0, 0.1) is 0 Å². The van der Waals surface area contributed by atoms with E-state index in [0.717, 1.165) is 28.1 Å². The standard InChI is InChI=1S/C16H14N4O/c1-11(21)5-4-6-12-9-18-16-15(12)20-14(10-19-16)13-7-2-3-8-17-13/h2-5,7-10H,6H2,1H3,(H,18,19). The van der Waals surface area contributed by atoms with Gasteiger partial charge in [-0.15, -0.1) is 0 Å². The highest BCUT2D eigenvalue weighted by molar-refractivity contribution is 5.87. The first-order valence-electron chi connectivity index (χ1n) is 6.65. The van der Waals surface area contributed by atoms with Crippen LogP contribution in [0.2, 0.25) is 0 Å². The summed E-state index contributed by atoms with van der Waals surface area (Å²) in [6, 6.07) is 5.68. The Morgan fingerprint density at radius 3 is 2.95 bits per heavy atom. The van der Waals surface area contributed by atoms with E-state index >= 15 is 0 Å². The van der Waals surface area contributed by atoms with Crippen LogP contribution in [0.15, 0.2) is 48.9 Å². The van der Waals surface area contributed by atoms with Crippen molar-refractivity contribution in [1.29, 1.82) is 0 Å². The molecule has 5 nitrogen and oxygen atoms in total. The molecular weight excluding hydrogens is 264 g/mol. The number of hydrogen-bond acceptors (Lipinski definition) is 4. The van der Waals surface area contributed by atoms with E-state index in [1.165, 1.54) is 6.92 Å². The molecule has 21 heavy (non-hydrogen) atoms. The van der Waals surface area contributed by atoms with Crippen molar-refractivity contribution in [1.82, 2.24) is 19.9 Å². The van der Waals surface area contributed by atoms with Gasteiger partial charge in [0.25, 0.3) is 0 Å². The Morgan fingerprint density at radius 2 is 2.19 bits per heavy atom. The molecule has 5 heteroatoms. The maximum Gasteiger partial charge on any atom is 0.156 e. The second-order valence-corrected chi connectivity index (χ2v) is 4.70. The number of fused-ring (bicyclic) bond motifs is 1. The minimum absolute atomic E-state index is 0.0371. The van der Waals surface area contributed by atoms with Gasteiger partial charge in [-0.2, -0.15) is 0 Å². The van der Waals surface area contributed by atoms with Crippen LogP contribution in [0.25, 0.3) is 22.6 Å². The summed E-state index contributed by atoms with van der Waals surface area (Å²) in [5.74, 6) is 0.0371. The van der Waals surface area contributed by atoms with Crippen molar-refractivity contribution in [3.8, 4) is 11.4 Å². The van der Waals surface area contributed by atoms with E-state index in [2.05, 4.69) is 19.9 Å². The zero-order chi connectivity index (χ0) is 14.7. The molecule has 0 bridgehead atoms. The SMILES string of the molecule is CC(=O)C=CCc1c[nH]c2ncc(-c3ccccn3)nc12. The normalized spacial score (nSPS) is 11.3. The van der Waals surface area contributed by atoms with E-state index in [-0.39, 0.29) is 5.78 Å². The van der Waals surface area contributed by atoms with Crippen LogP contribution in [0.5, 0.6) is 0 Å². The van der Waals surface area contributed by atoms with Gasteiger partial charge >= 0.3 is 0 Å². The number of hydrogen-bond donors (Lipinski definition) is 1. The van der Waals surface area contributed by atoms with Gasteiger partial charge < -0.3 is 4.98 Å². The van der Waals surface area contributed by atoms with Gasteiger partial charge in [0, 0.05) is 18.0 Å². The molecule has 104 valence electrons. The molecule has 0 radical (unpaired) electrons. The van der Waals surface area contributed by atoms with Gasteiger partial charge in [-0.1, -0.05) is 12.1 Å². The Bertz CT molecular complexity index is 806. The van der Waals surface area contributed by atoms with Gasteiger partial charge in [0.1, 0.15) is 11.2 Å². The van der Waals surface area contributed by atoms with Gasteiger partial charge in [-0.3, -0.25) is 9.78 Å². The minimum Gasteiger partial charge on any atom is -0.345 e. The molecule has 3 aromatic rings. The number of carbonyl (C=O) groups is 1. The van der Waals surface area contributed by atoms with Crippen molar-refractivity contribution < 1.29 is 4.79 Å². The topological polar surface area (TPSA) is 71.5 Å². The number of aromatic amines is 1. The number of rotatable bonds is 4. The van der Waals surface area contributed by atoms with E-state index in [4.69, 9.17) is 0 Å². The minimum atomic E-state index is 0.0371. The van der Waals surface area contributed by atoms with Crippen LogP contribution in [-0.4, -0.2) is 25.7 Å². The number of H-pyrrole nitrogens is 1. The number of nitrogens with zero attached hydrogens (tertiary/aromatic N) is 3. The number of aromatic nitrogens is 4. The summed E-state index contributed by atoms with van der Waals surface area (Å²) in [5, 5.41) is 0. The van der Waals surface area contributed by atoms with Crippen molar-refractivity contribution in [2.75, 3.05) is 0 Å². The van der Waals surface area contributed by atoms with Gasteiger partial charge in [-0.05, 0) is 31.6 Å². The van der Waals surface area contributed by atoms with E-state index in [9.17, 15) is 4.79 Å². The van der Waals surface area contributed by atoms with Crippen molar-refractivity contribution >= 4 is 16.9 Å². The first-order valence-corrected chi connectivity index (χ1v) is 6.65. The van der Waals surface area contributed by atoms with Crippen molar-refractivity contribution in [3.05, 3.63) is 54.5 Å². The molecule has 0 aliphatic carbocycles. The van der Waals surface area contributed by atoms with Crippen molar-refractivity contribution in [2.45, 2.75) is 13.3 Å². The molecule has 0 spiro atoms. The Labute approximate surface area is 121 Å². The smallest absolute Gasteiger partial charge is 0.156 e. The average molecular weight is 278 g/mol. The predicted octanol–water partition coefficient (Wildman–Crippen LogP) is 2.71. The number of carbonyl (C=O) groups excluding carboxylic acids is 1. The zero-order valence-corrected chi connectivity index (χ0v) is 11.6. The largest absolute Gasteiger partial charge is 0.345 e. The molecule has 1 N–H and O–H groups in total. The summed E-state index contributed by atoms with van der Waals surface area (Å²) in [6.07, 6.45) is 9.34. The Morgan fingerprint density at radius 1 is 1.29 bits per heavy atom. The molecule has 3 aromatic heterocycles. The lowest BCUT2D eigenvalue weighted by Gasteiger charge is -2.00. The van der Waals surface area contributed by atoms with Crippen LogP contribution in [0.4, 0.5) is 0 Å². The maximum atomic E-state index is 10.9. The number of pyridine rings is 1. The third-order valence-electron chi connectivity index (χ3n) is 3.08. The van der Waals surface area contributed by atoms with E-state index in [1.807, 2.05) is 30.5 Å². The second kappa shape index (κ2) is 5.66. The molecule has 0 amide bonds. The third kappa shape index (κ3) is 2.86. The highest BCUT2D eigenvalue weighted by Gasteiger charge is 2.08. The highest BCUT2D eigenvalue weighted by atomic mass is 16.1. The van der Waals surface area contributed by atoms with Crippen LogP contribution in [0.3, 0.4) is 0 Å². The van der Waals surface area contributed by atoms with E-state index < -0.39 is 0 Å². The Kier molecular flexibility index (Phi) is 3.55. The van der Waals surface area contributed by atoms with Gasteiger partial charge in [-0.25, -0.2) is 9.97 Å². The fourth-order valence-corrected chi connectivity index (χ4v) is 2.09. The molecule has 3 rings (SSSR count). The quantitative estimate of drug-likeness (QED) is 0.745. The van der Waals surface area contributed by atoms with Crippen LogP contribution >= 0.6 is 0 Å². The fourth-order valence-electron chi connectivity index (χ4n) is 2.09. The molecule has 0 aliphatic heterocycles. The summed E-state index contributed by atoms with van der Waals surface area (Å²) >= 11 is 0. The predicted molar refractivity (Wildman–Crippen MR) is 80.6 cm³/mol. The third-order valence-corrected chi connectivity index (χ3v) is 3.08. The first-order chi connectivity index (χ1) is 10.2. The summed E-state index contributed by atoms with van der Waals surface area (Å²) in [4.78, 5) is 27.3. The number of allylic oxidation sites excluding steroid dienone is 2. The summed E-state index contributed by atoms with van der Waals surface area (Å²) in [6.45, 7) is 1.53. The monoisotopic (exact) mass is 278 g/mol. The maximum absolute atomic E-state index is 10.9. The first kappa shape index (κ1) is 13.2.